The standard InChI is InChI=1S/C14H11N3O5/c18-11-4-1-9(2-5-11)8-15-16-14(20)10-3-6-12(17(21)22)13(19)7-10/h1-8,18-19H,(H,16,20). The summed E-state index contributed by atoms with van der Waals surface area (Å²) in [6.07, 6.45) is 1.36. The van der Waals surface area contributed by atoms with Gasteiger partial charge in [-0.05, 0) is 42.0 Å². The number of nitrogens with one attached hydrogen (secondary N) is 1. The number of rotatable bonds is 4. The van der Waals surface area contributed by atoms with Gasteiger partial charge in [0.2, 0.25) is 0 Å². The van der Waals surface area contributed by atoms with Gasteiger partial charge in [0.05, 0.1) is 11.1 Å². The molecule has 8 heteroatoms. The molecule has 2 aromatic carbocycles. The van der Waals surface area contributed by atoms with E-state index in [-0.39, 0.29) is 11.3 Å². The van der Waals surface area contributed by atoms with Gasteiger partial charge in [0.1, 0.15) is 5.75 Å². The number of amides is 1. The Bertz CT molecular complexity index is 741. The van der Waals surface area contributed by atoms with Gasteiger partial charge in [0.15, 0.2) is 5.75 Å². The van der Waals surface area contributed by atoms with E-state index in [1.54, 1.807) is 12.1 Å². The highest BCUT2D eigenvalue weighted by atomic mass is 16.6. The third-order valence-corrected chi connectivity index (χ3v) is 2.71. The van der Waals surface area contributed by atoms with Gasteiger partial charge in [-0.1, -0.05) is 0 Å². The molecule has 0 heterocycles. The Kier molecular flexibility index (Phi) is 4.33. The monoisotopic (exact) mass is 301 g/mol. The lowest BCUT2D eigenvalue weighted by Gasteiger charge is -2.01. The number of nitro groups is 1. The number of carbonyl (C=O) groups is 1. The van der Waals surface area contributed by atoms with Crippen molar-refractivity contribution in [3.05, 3.63) is 63.7 Å². The number of phenolic OH excluding ortho intramolecular Hbond substituents is 2. The lowest BCUT2D eigenvalue weighted by atomic mass is 10.2. The van der Waals surface area contributed by atoms with Crippen molar-refractivity contribution in [2.24, 2.45) is 5.10 Å². The van der Waals surface area contributed by atoms with Gasteiger partial charge >= 0.3 is 5.69 Å². The molecule has 0 bridgehead atoms. The normalized spacial score (nSPS) is 10.5. The van der Waals surface area contributed by atoms with Crippen LogP contribution in [0.15, 0.2) is 47.6 Å². The van der Waals surface area contributed by atoms with Crippen LogP contribution in [0.2, 0.25) is 0 Å². The zero-order chi connectivity index (χ0) is 16.1. The molecule has 0 fully saturated rings. The van der Waals surface area contributed by atoms with E-state index in [1.165, 1.54) is 24.4 Å². The van der Waals surface area contributed by atoms with Gasteiger partial charge in [-0.2, -0.15) is 5.10 Å². The first-order valence-corrected chi connectivity index (χ1v) is 6.07. The predicted octanol–water partition coefficient (Wildman–Crippen LogP) is 1.77. The number of nitrogens with zero attached hydrogens (tertiary/aromatic N) is 2. The van der Waals surface area contributed by atoms with Crippen LogP contribution in [0.5, 0.6) is 11.5 Å². The topological polar surface area (TPSA) is 125 Å². The van der Waals surface area contributed by atoms with Crippen molar-refractivity contribution in [3.8, 4) is 11.5 Å². The molecule has 0 unspecified atom stereocenters. The Labute approximate surface area is 124 Å². The highest BCUT2D eigenvalue weighted by Gasteiger charge is 2.15. The molecule has 0 atom stereocenters. The van der Waals surface area contributed by atoms with Gasteiger partial charge in [0, 0.05) is 11.6 Å². The first kappa shape index (κ1) is 15.0. The minimum atomic E-state index is -0.750. The van der Waals surface area contributed by atoms with Crippen molar-refractivity contribution in [2.45, 2.75) is 0 Å². The molecule has 0 saturated carbocycles. The number of hydrogen-bond donors (Lipinski definition) is 3. The SMILES string of the molecule is O=C(NN=Cc1ccc(O)cc1)c1ccc([N+](=O)[O-])c(O)c1. The zero-order valence-corrected chi connectivity index (χ0v) is 11.1. The first-order chi connectivity index (χ1) is 10.5. The summed E-state index contributed by atoms with van der Waals surface area (Å²) in [5.41, 5.74) is 2.43. The number of aromatic hydroxyl groups is 2. The first-order valence-electron chi connectivity index (χ1n) is 6.07. The van der Waals surface area contributed by atoms with Crippen LogP contribution in [0.1, 0.15) is 15.9 Å². The maximum atomic E-state index is 11.8. The van der Waals surface area contributed by atoms with Gasteiger partial charge < -0.3 is 10.2 Å². The number of hydrogen-bond acceptors (Lipinski definition) is 6. The molecule has 3 N–H and O–H groups in total. The molecule has 0 aliphatic heterocycles. The van der Waals surface area contributed by atoms with E-state index >= 15 is 0 Å². The number of phenols is 2. The minimum Gasteiger partial charge on any atom is -0.508 e. The number of nitro benzene ring substituents is 1. The fourth-order valence-corrected chi connectivity index (χ4v) is 1.61. The predicted molar refractivity (Wildman–Crippen MR) is 77.9 cm³/mol. The van der Waals surface area contributed by atoms with E-state index in [1.807, 2.05) is 0 Å². The summed E-state index contributed by atoms with van der Waals surface area (Å²) in [7, 11) is 0. The van der Waals surface area contributed by atoms with Gasteiger partial charge in [-0.25, -0.2) is 5.43 Å². The molecule has 0 spiro atoms. The van der Waals surface area contributed by atoms with Crippen LogP contribution < -0.4 is 5.43 Å². The van der Waals surface area contributed by atoms with E-state index < -0.39 is 22.3 Å². The Hall–Kier alpha value is -3.42. The fraction of sp³-hybridized carbons (Fsp3) is 0. The summed E-state index contributed by atoms with van der Waals surface area (Å²) in [5, 5.41) is 32.8. The van der Waals surface area contributed by atoms with Crippen molar-refractivity contribution in [2.75, 3.05) is 0 Å². The van der Waals surface area contributed by atoms with Crippen LogP contribution in [-0.2, 0) is 0 Å². The lowest BCUT2D eigenvalue weighted by molar-refractivity contribution is -0.385. The molecule has 0 radical (unpaired) electrons. The van der Waals surface area contributed by atoms with E-state index in [9.17, 15) is 20.0 Å². The second kappa shape index (κ2) is 6.35. The molecule has 1 amide bonds. The minimum absolute atomic E-state index is 0.0333. The van der Waals surface area contributed by atoms with Gasteiger partial charge in [-0.15, -0.1) is 0 Å². The second-order valence-electron chi connectivity index (χ2n) is 4.25. The number of hydrazone groups is 1. The maximum Gasteiger partial charge on any atom is 0.310 e. The summed E-state index contributed by atoms with van der Waals surface area (Å²) >= 11 is 0. The van der Waals surface area contributed by atoms with Gasteiger partial charge in [0.25, 0.3) is 5.91 Å². The van der Waals surface area contributed by atoms with Crippen molar-refractivity contribution in [1.29, 1.82) is 0 Å². The van der Waals surface area contributed by atoms with Crippen molar-refractivity contribution in [1.82, 2.24) is 5.43 Å². The molecule has 0 aliphatic carbocycles. The Morgan fingerprint density at radius 3 is 2.45 bits per heavy atom. The highest BCUT2D eigenvalue weighted by Crippen LogP contribution is 2.26. The quantitative estimate of drug-likeness (QED) is 0.451. The molecule has 0 saturated heterocycles. The second-order valence-corrected chi connectivity index (χ2v) is 4.25. The number of carbonyl (C=O) groups excluding carboxylic acids is 1. The maximum absolute atomic E-state index is 11.8. The van der Waals surface area contributed by atoms with E-state index in [0.29, 0.717) is 5.56 Å². The molecule has 0 aromatic heterocycles. The van der Waals surface area contributed by atoms with Crippen LogP contribution in [0, 0.1) is 10.1 Å². The molecular weight excluding hydrogens is 290 g/mol. The summed E-state index contributed by atoms with van der Waals surface area (Å²) < 4.78 is 0. The van der Waals surface area contributed by atoms with E-state index in [2.05, 4.69) is 10.5 Å². The van der Waals surface area contributed by atoms with Crippen molar-refractivity contribution in [3.63, 3.8) is 0 Å². The summed E-state index contributed by atoms with van der Waals surface area (Å²) in [5.74, 6) is -1.11. The lowest BCUT2D eigenvalue weighted by Crippen LogP contribution is -2.17. The van der Waals surface area contributed by atoms with Crippen LogP contribution in [0.3, 0.4) is 0 Å². The summed E-state index contributed by atoms with van der Waals surface area (Å²) in [6.45, 7) is 0. The highest BCUT2D eigenvalue weighted by molar-refractivity contribution is 5.95. The van der Waals surface area contributed by atoms with Gasteiger partial charge in [-0.3, -0.25) is 14.9 Å². The average molecular weight is 301 g/mol. The number of benzene rings is 2. The largest absolute Gasteiger partial charge is 0.508 e. The van der Waals surface area contributed by atoms with Crippen LogP contribution in [0.4, 0.5) is 5.69 Å². The van der Waals surface area contributed by atoms with Crippen molar-refractivity contribution < 1.29 is 19.9 Å². The third kappa shape index (κ3) is 3.57. The van der Waals surface area contributed by atoms with E-state index in [0.717, 1.165) is 12.1 Å². The fourth-order valence-electron chi connectivity index (χ4n) is 1.61. The summed E-state index contributed by atoms with van der Waals surface area (Å²) in [6, 6.07) is 9.38. The van der Waals surface area contributed by atoms with Crippen LogP contribution in [-0.4, -0.2) is 27.3 Å². The Morgan fingerprint density at radius 1 is 1.18 bits per heavy atom. The van der Waals surface area contributed by atoms with E-state index in [4.69, 9.17) is 5.11 Å². The molecule has 112 valence electrons. The Morgan fingerprint density at radius 2 is 1.86 bits per heavy atom. The molecule has 22 heavy (non-hydrogen) atoms. The third-order valence-electron chi connectivity index (χ3n) is 2.71. The molecule has 2 rings (SSSR count). The Balaban J connectivity index is 2.04. The molecule has 2 aromatic rings. The smallest absolute Gasteiger partial charge is 0.310 e. The van der Waals surface area contributed by atoms with Crippen LogP contribution in [0.25, 0.3) is 0 Å². The molecular formula is C14H11N3O5. The summed E-state index contributed by atoms with van der Waals surface area (Å²) in [4.78, 5) is 21.6. The van der Waals surface area contributed by atoms with Crippen LogP contribution >= 0.6 is 0 Å². The zero-order valence-electron chi connectivity index (χ0n) is 11.1. The molecule has 8 nitrogen and oxygen atoms in total. The van der Waals surface area contributed by atoms with Crippen molar-refractivity contribution >= 4 is 17.8 Å². The average Bonchev–Trinajstić information content (AvgIpc) is 2.48. The molecule has 0 aliphatic rings.